The van der Waals surface area contributed by atoms with E-state index in [-0.39, 0.29) is 12.2 Å². The van der Waals surface area contributed by atoms with E-state index in [4.69, 9.17) is 14.4 Å². The maximum atomic E-state index is 6.80. The van der Waals surface area contributed by atoms with Crippen LogP contribution in [0.15, 0.2) is 196 Å². The van der Waals surface area contributed by atoms with Crippen LogP contribution in [0.25, 0.3) is 53.2 Å². The minimum absolute atomic E-state index is 0.264. The number of hydrogen-bond acceptors (Lipinski definition) is 6. The second-order valence-electron chi connectivity index (χ2n) is 14.9. The van der Waals surface area contributed by atoms with Gasteiger partial charge in [-0.2, -0.15) is 0 Å². The Kier molecular flexibility index (Phi) is 7.22. The quantitative estimate of drug-likeness (QED) is 0.191. The van der Waals surface area contributed by atoms with Gasteiger partial charge < -0.3 is 14.6 Å². The Morgan fingerprint density at radius 3 is 2.14 bits per heavy atom. The van der Waals surface area contributed by atoms with Gasteiger partial charge in [-0.15, -0.1) is 11.3 Å². The molecule has 0 saturated heterocycles. The highest BCUT2D eigenvalue weighted by Gasteiger charge is 2.38. The van der Waals surface area contributed by atoms with Gasteiger partial charge in [-0.1, -0.05) is 152 Å². The Bertz CT molecular complexity index is 3190. The van der Waals surface area contributed by atoms with Gasteiger partial charge in [0.25, 0.3) is 0 Å². The molecule has 270 valence electrons. The van der Waals surface area contributed by atoms with Gasteiger partial charge in [0, 0.05) is 54.5 Å². The van der Waals surface area contributed by atoms with Crippen molar-refractivity contribution in [1.82, 2.24) is 5.32 Å². The van der Waals surface area contributed by atoms with Gasteiger partial charge in [0.15, 0.2) is 12.0 Å². The number of para-hydroxylation sites is 2. The standard InChI is InChI=1S/C51H34N4OS/c1-3-13-31(14-4-1)49-52-50(32-15-5-2-6-16-32)54-51(53-49)41-21-11-19-39-37-27-25-33(29-45(37)56-47(39)41)34-26-28-38-40-20-12-24-44(48(40)57-46(38)30-34)55-42-22-9-7-17-35(42)36-18-8-10-23-43(36)55/h1-30,35,42,51H,(H,52,53,54). The van der Waals surface area contributed by atoms with Crippen molar-refractivity contribution in [3.63, 3.8) is 0 Å². The molecular formula is C51H34N4OS. The van der Waals surface area contributed by atoms with Crippen molar-refractivity contribution in [2.45, 2.75) is 18.1 Å². The monoisotopic (exact) mass is 750 g/mol. The normalized spacial score (nSPS) is 18.5. The summed E-state index contributed by atoms with van der Waals surface area (Å²) in [6, 6.07) is 56.2. The molecule has 3 atom stereocenters. The predicted molar refractivity (Wildman–Crippen MR) is 237 cm³/mol. The lowest BCUT2D eigenvalue weighted by Gasteiger charge is -2.29. The van der Waals surface area contributed by atoms with Crippen molar-refractivity contribution in [2.24, 2.45) is 9.98 Å². The smallest absolute Gasteiger partial charge is 0.159 e. The summed E-state index contributed by atoms with van der Waals surface area (Å²) in [5, 5.41) is 8.35. The van der Waals surface area contributed by atoms with E-state index in [1.165, 1.54) is 42.7 Å². The van der Waals surface area contributed by atoms with E-state index in [1.54, 1.807) is 0 Å². The first kappa shape index (κ1) is 32.2. The van der Waals surface area contributed by atoms with E-state index >= 15 is 0 Å². The topological polar surface area (TPSA) is 53.1 Å². The number of furan rings is 1. The Morgan fingerprint density at radius 2 is 1.26 bits per heavy atom. The summed E-state index contributed by atoms with van der Waals surface area (Å²) in [5.74, 6) is 1.83. The Balaban J connectivity index is 0.932. The van der Waals surface area contributed by atoms with Gasteiger partial charge in [-0.25, -0.2) is 9.98 Å². The van der Waals surface area contributed by atoms with Gasteiger partial charge in [-0.3, -0.25) is 0 Å². The van der Waals surface area contributed by atoms with Crippen LogP contribution < -0.4 is 10.2 Å². The van der Waals surface area contributed by atoms with Crippen LogP contribution in [0.4, 0.5) is 11.4 Å². The molecule has 12 rings (SSSR count). The van der Waals surface area contributed by atoms with Crippen LogP contribution in [0, 0.1) is 0 Å². The zero-order chi connectivity index (χ0) is 37.5. The summed E-state index contributed by atoms with van der Waals surface area (Å²) in [6.45, 7) is 0. The predicted octanol–water partition coefficient (Wildman–Crippen LogP) is 12.8. The molecule has 1 N–H and O–H groups in total. The fourth-order valence-electron chi connectivity index (χ4n) is 9.01. The van der Waals surface area contributed by atoms with Crippen molar-refractivity contribution in [1.29, 1.82) is 0 Å². The molecule has 6 heteroatoms. The minimum Gasteiger partial charge on any atom is -0.456 e. The fourth-order valence-corrected chi connectivity index (χ4v) is 10.3. The first-order valence-corrected chi connectivity index (χ1v) is 20.2. The van der Waals surface area contributed by atoms with Crippen molar-refractivity contribution in [2.75, 3.05) is 4.90 Å². The van der Waals surface area contributed by atoms with Crippen LogP contribution >= 0.6 is 11.3 Å². The lowest BCUT2D eigenvalue weighted by atomic mass is 9.91. The number of fused-ring (bicyclic) bond motifs is 9. The zero-order valence-corrected chi connectivity index (χ0v) is 31.5. The maximum absolute atomic E-state index is 6.80. The van der Waals surface area contributed by atoms with Gasteiger partial charge in [-0.05, 0) is 47.0 Å². The number of allylic oxidation sites excluding steroid dienone is 2. The van der Waals surface area contributed by atoms with Crippen LogP contribution in [0.1, 0.15) is 34.3 Å². The number of hydrogen-bond donors (Lipinski definition) is 1. The summed E-state index contributed by atoms with van der Waals surface area (Å²) < 4.78 is 9.39. The van der Waals surface area contributed by atoms with Gasteiger partial charge in [0.05, 0.1) is 16.4 Å². The summed E-state index contributed by atoms with van der Waals surface area (Å²) in [5.41, 5.74) is 10.9. The Labute approximate surface area is 333 Å². The zero-order valence-electron chi connectivity index (χ0n) is 30.7. The van der Waals surface area contributed by atoms with Gasteiger partial charge in [0.1, 0.15) is 17.0 Å². The second kappa shape index (κ2) is 12.8. The molecule has 7 aromatic carbocycles. The molecule has 1 aliphatic carbocycles. The number of anilines is 2. The largest absolute Gasteiger partial charge is 0.456 e. The third kappa shape index (κ3) is 5.14. The summed E-state index contributed by atoms with van der Waals surface area (Å²) in [4.78, 5) is 12.7. The van der Waals surface area contributed by atoms with Crippen molar-refractivity contribution in [3.05, 3.63) is 204 Å². The van der Waals surface area contributed by atoms with Crippen molar-refractivity contribution < 1.29 is 4.42 Å². The number of amidine groups is 2. The highest BCUT2D eigenvalue weighted by molar-refractivity contribution is 7.26. The number of nitrogens with one attached hydrogen (secondary N) is 1. The van der Waals surface area contributed by atoms with Crippen molar-refractivity contribution >= 4 is 76.5 Å². The first-order chi connectivity index (χ1) is 28.2. The molecule has 0 fully saturated rings. The van der Waals surface area contributed by atoms with Crippen LogP contribution in [0.3, 0.4) is 0 Å². The third-order valence-electron chi connectivity index (χ3n) is 11.7. The van der Waals surface area contributed by atoms with E-state index < -0.39 is 0 Å². The van der Waals surface area contributed by atoms with E-state index in [2.05, 4.69) is 156 Å². The average Bonchev–Trinajstić information content (AvgIpc) is 3.96. The molecule has 2 aromatic heterocycles. The summed E-state index contributed by atoms with van der Waals surface area (Å²) in [7, 11) is 0. The van der Waals surface area contributed by atoms with E-state index in [9.17, 15) is 0 Å². The maximum Gasteiger partial charge on any atom is 0.159 e. The SMILES string of the molecule is C1=CC2c3ccccc3N(c3cccc4c3sc3cc(-c5ccc6c(c5)oc5c(C7N=C(c8ccccc8)N=C(c8ccccc8)N7)cccc56)ccc34)C2C=C1. The number of rotatable bonds is 5. The molecule has 2 aliphatic heterocycles. The molecule has 0 radical (unpaired) electrons. The van der Waals surface area contributed by atoms with E-state index in [1.807, 2.05) is 47.7 Å². The lowest BCUT2D eigenvalue weighted by molar-refractivity contribution is 0.628. The van der Waals surface area contributed by atoms with E-state index in [0.29, 0.717) is 11.8 Å². The summed E-state index contributed by atoms with van der Waals surface area (Å²) >= 11 is 1.88. The van der Waals surface area contributed by atoms with E-state index in [0.717, 1.165) is 50.0 Å². The van der Waals surface area contributed by atoms with Crippen LogP contribution in [0.2, 0.25) is 0 Å². The van der Waals surface area contributed by atoms with Crippen LogP contribution in [0.5, 0.6) is 0 Å². The highest BCUT2D eigenvalue weighted by atomic mass is 32.1. The molecule has 3 unspecified atom stereocenters. The number of thiophene rings is 1. The molecular weight excluding hydrogens is 717 g/mol. The number of nitrogens with zero attached hydrogens (tertiary/aromatic N) is 3. The van der Waals surface area contributed by atoms with Crippen LogP contribution in [-0.4, -0.2) is 17.7 Å². The number of aliphatic imine (C=N–C) groups is 2. The lowest BCUT2D eigenvalue weighted by Crippen LogP contribution is -2.33. The minimum atomic E-state index is -0.387. The van der Waals surface area contributed by atoms with Gasteiger partial charge >= 0.3 is 0 Å². The molecule has 4 heterocycles. The molecule has 0 spiro atoms. The Morgan fingerprint density at radius 1 is 0.561 bits per heavy atom. The first-order valence-electron chi connectivity index (χ1n) is 19.4. The number of benzene rings is 7. The highest BCUT2D eigenvalue weighted by Crippen LogP contribution is 2.51. The molecule has 0 bridgehead atoms. The molecule has 9 aromatic rings. The molecule has 0 amide bonds. The fraction of sp³-hybridized carbons (Fsp3) is 0.0588. The van der Waals surface area contributed by atoms with Crippen molar-refractivity contribution in [3.8, 4) is 11.1 Å². The average molecular weight is 751 g/mol. The molecule has 57 heavy (non-hydrogen) atoms. The Hall–Kier alpha value is -7.02. The van der Waals surface area contributed by atoms with Gasteiger partial charge in [0.2, 0.25) is 0 Å². The molecule has 3 aliphatic rings. The summed E-state index contributed by atoms with van der Waals surface area (Å²) in [6.07, 6.45) is 8.69. The second-order valence-corrected chi connectivity index (χ2v) is 16.0. The third-order valence-corrected chi connectivity index (χ3v) is 12.9. The molecule has 5 nitrogen and oxygen atoms in total. The van der Waals surface area contributed by atoms with Crippen LogP contribution in [-0.2, 0) is 0 Å². The molecule has 0 saturated carbocycles.